The first-order chi connectivity index (χ1) is 10.2. The number of aliphatic hydroxyl groups excluding tert-OH is 1. The largest absolute Gasteiger partial charge is 0.491 e. The number of methoxy groups -OCH3 is 1. The second kappa shape index (κ2) is 7.81. The number of hydrogen-bond acceptors (Lipinski definition) is 3. The Morgan fingerprint density at radius 1 is 1.05 bits per heavy atom. The summed E-state index contributed by atoms with van der Waals surface area (Å²) in [6.45, 7) is 3.06. The standard InChI is InChI=1S/C18H22O3/c1-14-6-5-7-15(12-14)13-17(19)16-8-3-4-9-18(16)21-11-10-20-2/h3-9,12,17,19H,10-11,13H2,1-2H3. The Morgan fingerprint density at radius 2 is 1.86 bits per heavy atom. The number of benzene rings is 2. The summed E-state index contributed by atoms with van der Waals surface area (Å²) in [5, 5.41) is 10.5. The van der Waals surface area contributed by atoms with Crippen LogP contribution in [0.5, 0.6) is 5.75 Å². The molecule has 0 bridgehead atoms. The van der Waals surface area contributed by atoms with Crippen molar-refractivity contribution in [1.29, 1.82) is 0 Å². The van der Waals surface area contributed by atoms with E-state index in [9.17, 15) is 5.11 Å². The maximum absolute atomic E-state index is 10.5. The lowest BCUT2D eigenvalue weighted by molar-refractivity contribution is 0.138. The Kier molecular flexibility index (Phi) is 5.78. The second-order valence-electron chi connectivity index (χ2n) is 5.09. The van der Waals surface area contributed by atoms with Crippen molar-refractivity contribution in [3.05, 3.63) is 65.2 Å². The molecule has 0 fully saturated rings. The van der Waals surface area contributed by atoms with E-state index in [0.29, 0.717) is 19.6 Å². The van der Waals surface area contributed by atoms with Gasteiger partial charge in [-0.1, -0.05) is 48.0 Å². The Morgan fingerprint density at radius 3 is 2.62 bits per heavy atom. The average molecular weight is 286 g/mol. The summed E-state index contributed by atoms with van der Waals surface area (Å²) in [6.07, 6.45) is -0.00247. The molecule has 0 radical (unpaired) electrons. The molecule has 0 spiro atoms. The van der Waals surface area contributed by atoms with Crippen LogP contribution in [0.25, 0.3) is 0 Å². The molecule has 0 aliphatic heterocycles. The molecule has 0 aliphatic rings. The van der Waals surface area contributed by atoms with Crippen LogP contribution in [0.1, 0.15) is 22.8 Å². The van der Waals surface area contributed by atoms with Gasteiger partial charge < -0.3 is 14.6 Å². The zero-order valence-electron chi connectivity index (χ0n) is 12.6. The Balaban J connectivity index is 2.09. The van der Waals surface area contributed by atoms with Crippen LogP contribution in [0.15, 0.2) is 48.5 Å². The molecule has 1 N–H and O–H groups in total. The minimum absolute atomic E-state index is 0.477. The summed E-state index contributed by atoms with van der Waals surface area (Å²) in [5.41, 5.74) is 3.13. The third-order valence-electron chi connectivity index (χ3n) is 3.33. The van der Waals surface area contributed by atoms with E-state index in [4.69, 9.17) is 9.47 Å². The highest BCUT2D eigenvalue weighted by atomic mass is 16.5. The van der Waals surface area contributed by atoms with Crippen molar-refractivity contribution < 1.29 is 14.6 Å². The van der Waals surface area contributed by atoms with Gasteiger partial charge in [-0.05, 0) is 18.6 Å². The van der Waals surface area contributed by atoms with E-state index in [1.165, 1.54) is 5.56 Å². The fraction of sp³-hybridized carbons (Fsp3) is 0.333. The lowest BCUT2D eigenvalue weighted by Gasteiger charge is -2.16. The maximum Gasteiger partial charge on any atom is 0.125 e. The zero-order chi connectivity index (χ0) is 15.1. The van der Waals surface area contributed by atoms with Gasteiger partial charge in [-0.15, -0.1) is 0 Å². The normalized spacial score (nSPS) is 12.1. The van der Waals surface area contributed by atoms with Crippen molar-refractivity contribution in [2.45, 2.75) is 19.4 Å². The van der Waals surface area contributed by atoms with Gasteiger partial charge in [0.15, 0.2) is 0 Å². The Hall–Kier alpha value is -1.84. The van der Waals surface area contributed by atoms with Gasteiger partial charge in [0.1, 0.15) is 12.4 Å². The molecule has 2 aromatic rings. The Labute approximate surface area is 126 Å². The van der Waals surface area contributed by atoms with Crippen molar-refractivity contribution in [1.82, 2.24) is 0 Å². The number of hydrogen-bond donors (Lipinski definition) is 1. The maximum atomic E-state index is 10.5. The van der Waals surface area contributed by atoms with E-state index in [-0.39, 0.29) is 0 Å². The number of ether oxygens (including phenoxy) is 2. The monoisotopic (exact) mass is 286 g/mol. The molecule has 2 aromatic carbocycles. The van der Waals surface area contributed by atoms with Gasteiger partial charge in [-0.2, -0.15) is 0 Å². The average Bonchev–Trinajstić information content (AvgIpc) is 2.48. The van der Waals surface area contributed by atoms with Crippen LogP contribution in [0.2, 0.25) is 0 Å². The van der Waals surface area contributed by atoms with Gasteiger partial charge in [0, 0.05) is 19.1 Å². The number of aliphatic hydroxyl groups is 1. The summed E-state index contributed by atoms with van der Waals surface area (Å²) in [7, 11) is 1.64. The summed E-state index contributed by atoms with van der Waals surface area (Å²) < 4.78 is 10.7. The number of aryl methyl sites for hydroxylation is 1. The van der Waals surface area contributed by atoms with Crippen LogP contribution < -0.4 is 4.74 Å². The third-order valence-corrected chi connectivity index (χ3v) is 3.33. The van der Waals surface area contributed by atoms with Crippen LogP contribution in [0.4, 0.5) is 0 Å². The van der Waals surface area contributed by atoms with E-state index in [1.54, 1.807) is 7.11 Å². The smallest absolute Gasteiger partial charge is 0.125 e. The summed E-state index contributed by atoms with van der Waals surface area (Å²) >= 11 is 0. The van der Waals surface area contributed by atoms with Crippen molar-refractivity contribution in [2.24, 2.45) is 0 Å². The summed E-state index contributed by atoms with van der Waals surface area (Å²) in [4.78, 5) is 0. The molecule has 0 aromatic heterocycles. The number of para-hydroxylation sites is 1. The van der Waals surface area contributed by atoms with Gasteiger partial charge in [0.2, 0.25) is 0 Å². The molecule has 0 heterocycles. The molecule has 1 atom stereocenters. The van der Waals surface area contributed by atoms with Crippen LogP contribution in [-0.4, -0.2) is 25.4 Å². The fourth-order valence-corrected chi connectivity index (χ4v) is 2.29. The molecule has 3 nitrogen and oxygen atoms in total. The van der Waals surface area contributed by atoms with Gasteiger partial charge in [0.05, 0.1) is 12.7 Å². The topological polar surface area (TPSA) is 38.7 Å². The lowest BCUT2D eigenvalue weighted by atomic mass is 9.99. The van der Waals surface area contributed by atoms with E-state index >= 15 is 0 Å². The Bertz CT molecular complexity index is 566. The summed E-state index contributed by atoms with van der Waals surface area (Å²) in [6, 6.07) is 15.8. The molecule has 2 rings (SSSR count). The van der Waals surface area contributed by atoms with Crippen LogP contribution in [0.3, 0.4) is 0 Å². The van der Waals surface area contributed by atoms with Crippen LogP contribution >= 0.6 is 0 Å². The fourth-order valence-electron chi connectivity index (χ4n) is 2.29. The van der Waals surface area contributed by atoms with Gasteiger partial charge in [-0.25, -0.2) is 0 Å². The molecule has 3 heteroatoms. The van der Waals surface area contributed by atoms with E-state index in [1.807, 2.05) is 36.4 Å². The van der Waals surface area contributed by atoms with E-state index < -0.39 is 6.10 Å². The first-order valence-electron chi connectivity index (χ1n) is 7.15. The highest BCUT2D eigenvalue weighted by molar-refractivity contribution is 5.36. The van der Waals surface area contributed by atoms with Gasteiger partial charge in [-0.3, -0.25) is 0 Å². The van der Waals surface area contributed by atoms with Crippen molar-refractivity contribution in [2.75, 3.05) is 20.3 Å². The first kappa shape index (κ1) is 15.5. The molecule has 112 valence electrons. The lowest BCUT2D eigenvalue weighted by Crippen LogP contribution is -2.09. The minimum atomic E-state index is -0.578. The quantitative estimate of drug-likeness (QED) is 0.794. The molecule has 0 aliphatic carbocycles. The van der Waals surface area contributed by atoms with E-state index in [2.05, 4.69) is 19.1 Å². The molecular weight excluding hydrogens is 264 g/mol. The highest BCUT2D eigenvalue weighted by Gasteiger charge is 2.14. The molecular formula is C18H22O3. The minimum Gasteiger partial charge on any atom is -0.491 e. The van der Waals surface area contributed by atoms with Crippen LogP contribution in [0, 0.1) is 6.92 Å². The number of rotatable bonds is 7. The highest BCUT2D eigenvalue weighted by Crippen LogP contribution is 2.27. The predicted molar refractivity (Wildman–Crippen MR) is 83.7 cm³/mol. The SMILES string of the molecule is COCCOc1ccccc1C(O)Cc1cccc(C)c1. The molecule has 0 saturated carbocycles. The summed E-state index contributed by atoms with van der Waals surface area (Å²) in [5.74, 6) is 0.717. The third kappa shape index (κ3) is 4.59. The van der Waals surface area contributed by atoms with Crippen molar-refractivity contribution in [3.8, 4) is 5.75 Å². The van der Waals surface area contributed by atoms with Crippen molar-refractivity contribution >= 4 is 0 Å². The van der Waals surface area contributed by atoms with Crippen molar-refractivity contribution in [3.63, 3.8) is 0 Å². The molecule has 0 saturated heterocycles. The van der Waals surface area contributed by atoms with Gasteiger partial charge in [0.25, 0.3) is 0 Å². The molecule has 21 heavy (non-hydrogen) atoms. The van der Waals surface area contributed by atoms with Crippen LogP contribution in [-0.2, 0) is 11.2 Å². The first-order valence-corrected chi connectivity index (χ1v) is 7.15. The van der Waals surface area contributed by atoms with E-state index in [0.717, 1.165) is 16.9 Å². The second-order valence-corrected chi connectivity index (χ2v) is 5.09. The predicted octanol–water partition coefficient (Wildman–Crippen LogP) is 3.30. The zero-order valence-corrected chi connectivity index (χ0v) is 12.6. The molecule has 1 unspecified atom stereocenters. The van der Waals surface area contributed by atoms with Gasteiger partial charge >= 0.3 is 0 Å². The molecule has 0 amide bonds.